The van der Waals surface area contributed by atoms with E-state index in [1.165, 1.54) is 6.33 Å². The second kappa shape index (κ2) is 9.29. The van der Waals surface area contributed by atoms with E-state index in [9.17, 15) is 10.1 Å². The maximum absolute atomic E-state index is 12.2. The highest BCUT2D eigenvalue weighted by atomic mass is 16.8. The number of hydrogen-bond donors (Lipinski definition) is 0. The predicted molar refractivity (Wildman–Crippen MR) is 122 cm³/mol. The summed E-state index contributed by atoms with van der Waals surface area (Å²) >= 11 is 0. The Bertz CT molecular complexity index is 1200. The van der Waals surface area contributed by atoms with Crippen molar-refractivity contribution in [3.05, 3.63) is 24.2 Å². The highest BCUT2D eigenvalue weighted by molar-refractivity contribution is 5.71. The number of aromatic nitrogens is 3. The van der Waals surface area contributed by atoms with Crippen LogP contribution in [0.3, 0.4) is 0 Å². The molecule has 0 spiro atoms. The van der Waals surface area contributed by atoms with E-state index < -0.39 is 35.9 Å². The SMILES string of the molecule is CN(C)C=Nc1ncnn2c([C@]3(C#N)O[C@H](COC(=O)OC4CCOC4)[C@H]4OC(C)(C)O[C@H]43)ccc12. The molecule has 2 aromatic heterocycles. The molecule has 3 saturated heterocycles. The average molecular weight is 501 g/mol. The average Bonchev–Trinajstić information content (AvgIpc) is 3.60. The number of carbonyl (C=O) groups excluding carboxylic acids is 1. The molecule has 0 aromatic carbocycles. The Labute approximate surface area is 207 Å². The molecule has 5 rings (SSSR count). The zero-order valence-electron chi connectivity index (χ0n) is 20.5. The van der Waals surface area contributed by atoms with E-state index in [-0.39, 0.29) is 12.7 Å². The molecule has 13 nitrogen and oxygen atoms in total. The molecule has 2 aromatic rings. The molecule has 36 heavy (non-hydrogen) atoms. The molecule has 1 unspecified atom stereocenters. The number of ether oxygens (including phenoxy) is 6. The van der Waals surface area contributed by atoms with Gasteiger partial charge in [-0.15, -0.1) is 0 Å². The van der Waals surface area contributed by atoms with Gasteiger partial charge in [0.25, 0.3) is 0 Å². The number of nitriles is 1. The highest BCUT2D eigenvalue weighted by Gasteiger charge is 2.65. The third-order valence-electron chi connectivity index (χ3n) is 6.14. The first kappa shape index (κ1) is 24.4. The topological polar surface area (TPSA) is 142 Å². The minimum Gasteiger partial charge on any atom is -0.431 e. The van der Waals surface area contributed by atoms with Gasteiger partial charge in [-0.25, -0.2) is 19.3 Å². The number of nitrogens with zero attached hydrogens (tertiary/aromatic N) is 6. The Kier molecular flexibility index (Phi) is 6.29. The first-order valence-corrected chi connectivity index (χ1v) is 11.6. The van der Waals surface area contributed by atoms with E-state index in [0.717, 1.165) is 0 Å². The number of fused-ring (bicyclic) bond motifs is 2. The second-order valence-electron chi connectivity index (χ2n) is 9.50. The number of aliphatic imine (C=N–C) groups is 1. The fourth-order valence-corrected chi connectivity index (χ4v) is 4.63. The van der Waals surface area contributed by atoms with Crippen molar-refractivity contribution in [3.8, 4) is 6.07 Å². The Morgan fingerprint density at radius 3 is 2.92 bits per heavy atom. The van der Waals surface area contributed by atoms with Crippen molar-refractivity contribution in [1.82, 2.24) is 19.5 Å². The largest absolute Gasteiger partial charge is 0.508 e. The van der Waals surface area contributed by atoms with Crippen LogP contribution in [0.15, 0.2) is 23.5 Å². The normalized spacial score (nSPS) is 31.0. The molecular formula is C23H28N6O7. The molecule has 0 saturated carbocycles. The molecule has 3 aliphatic heterocycles. The Morgan fingerprint density at radius 2 is 2.19 bits per heavy atom. The summed E-state index contributed by atoms with van der Waals surface area (Å²) in [6.07, 6.45) is 0.145. The first-order valence-electron chi connectivity index (χ1n) is 11.6. The van der Waals surface area contributed by atoms with Crippen molar-refractivity contribution >= 4 is 23.8 Å². The quantitative estimate of drug-likeness (QED) is 0.324. The zero-order chi connectivity index (χ0) is 25.5. The van der Waals surface area contributed by atoms with E-state index in [0.29, 0.717) is 36.7 Å². The van der Waals surface area contributed by atoms with Gasteiger partial charge in [-0.3, -0.25) is 0 Å². The summed E-state index contributed by atoms with van der Waals surface area (Å²) in [6, 6.07) is 5.78. The fraction of sp³-hybridized carbons (Fsp3) is 0.609. The lowest BCUT2D eigenvalue weighted by Crippen LogP contribution is -2.40. The van der Waals surface area contributed by atoms with Crippen LogP contribution in [0, 0.1) is 11.3 Å². The Balaban J connectivity index is 1.44. The van der Waals surface area contributed by atoms with Crippen LogP contribution in [0.25, 0.3) is 5.52 Å². The Hall–Kier alpha value is -3.31. The highest BCUT2D eigenvalue weighted by Crippen LogP contribution is 2.49. The van der Waals surface area contributed by atoms with Gasteiger partial charge in [0.1, 0.15) is 48.9 Å². The van der Waals surface area contributed by atoms with Gasteiger partial charge >= 0.3 is 6.16 Å². The monoisotopic (exact) mass is 500 g/mol. The van der Waals surface area contributed by atoms with Crippen LogP contribution in [0.1, 0.15) is 26.0 Å². The van der Waals surface area contributed by atoms with Gasteiger partial charge < -0.3 is 33.3 Å². The smallest absolute Gasteiger partial charge is 0.431 e. The molecule has 0 N–H and O–H groups in total. The maximum atomic E-state index is 12.2. The van der Waals surface area contributed by atoms with Crippen molar-refractivity contribution in [2.75, 3.05) is 33.9 Å². The molecule has 3 fully saturated rings. The van der Waals surface area contributed by atoms with Gasteiger partial charge in [-0.05, 0) is 26.0 Å². The molecular weight excluding hydrogens is 472 g/mol. The van der Waals surface area contributed by atoms with E-state index in [4.69, 9.17) is 28.4 Å². The standard InChI is InChI=1S/C23H28N6O7/c1-22(2)35-18-16(10-32-21(30)33-14-7-8-31-9-14)34-23(11-24,19(18)36-22)17-6-5-15-20(26-13-28(3)4)25-12-27-29(15)17/h5-6,12-14,16,18-19H,7-10H2,1-4H3/t14?,16-,18-,19-,23+/m1/s1. The van der Waals surface area contributed by atoms with Crippen molar-refractivity contribution in [3.63, 3.8) is 0 Å². The lowest BCUT2D eigenvalue weighted by atomic mass is 9.92. The molecule has 5 heterocycles. The van der Waals surface area contributed by atoms with Crippen molar-refractivity contribution in [2.45, 2.75) is 56.1 Å². The van der Waals surface area contributed by atoms with E-state index in [1.807, 2.05) is 14.1 Å². The summed E-state index contributed by atoms with van der Waals surface area (Å²) < 4.78 is 35.9. The molecule has 5 atom stereocenters. The van der Waals surface area contributed by atoms with Crippen LogP contribution in [0.2, 0.25) is 0 Å². The number of rotatable bonds is 6. The van der Waals surface area contributed by atoms with Gasteiger partial charge in [-0.1, -0.05) is 0 Å². The van der Waals surface area contributed by atoms with E-state index >= 15 is 0 Å². The minimum atomic E-state index is -1.60. The van der Waals surface area contributed by atoms with Gasteiger partial charge in [-0.2, -0.15) is 10.4 Å². The van der Waals surface area contributed by atoms with Crippen molar-refractivity contribution in [2.24, 2.45) is 4.99 Å². The molecule has 13 heteroatoms. The summed E-state index contributed by atoms with van der Waals surface area (Å²) in [5.41, 5.74) is -0.590. The fourth-order valence-electron chi connectivity index (χ4n) is 4.63. The summed E-state index contributed by atoms with van der Waals surface area (Å²) in [4.78, 5) is 22.6. The summed E-state index contributed by atoms with van der Waals surface area (Å²) in [6.45, 7) is 4.20. The molecule has 3 aliphatic rings. The van der Waals surface area contributed by atoms with Crippen LogP contribution in [-0.4, -0.2) is 96.1 Å². The van der Waals surface area contributed by atoms with Crippen LogP contribution in [0.5, 0.6) is 0 Å². The summed E-state index contributed by atoms with van der Waals surface area (Å²) in [5, 5.41) is 14.8. The van der Waals surface area contributed by atoms with Gasteiger partial charge in [0.05, 0.1) is 25.2 Å². The van der Waals surface area contributed by atoms with Crippen LogP contribution < -0.4 is 0 Å². The first-order chi connectivity index (χ1) is 17.2. The Morgan fingerprint density at radius 1 is 1.36 bits per heavy atom. The van der Waals surface area contributed by atoms with Gasteiger partial charge in [0, 0.05) is 20.5 Å². The number of hydrogen-bond acceptors (Lipinski definition) is 11. The van der Waals surface area contributed by atoms with E-state index in [1.54, 1.807) is 41.7 Å². The zero-order valence-corrected chi connectivity index (χ0v) is 20.5. The lowest BCUT2D eigenvalue weighted by molar-refractivity contribution is -0.205. The van der Waals surface area contributed by atoms with Gasteiger partial charge in [0.15, 0.2) is 11.6 Å². The molecule has 0 amide bonds. The summed E-state index contributed by atoms with van der Waals surface area (Å²) in [7, 11) is 3.70. The third-order valence-corrected chi connectivity index (χ3v) is 6.14. The number of carbonyl (C=O) groups is 1. The molecule has 192 valence electrons. The second-order valence-corrected chi connectivity index (χ2v) is 9.50. The van der Waals surface area contributed by atoms with Gasteiger partial charge in [0.2, 0.25) is 5.60 Å². The lowest BCUT2D eigenvalue weighted by Gasteiger charge is -2.28. The maximum Gasteiger partial charge on any atom is 0.508 e. The van der Waals surface area contributed by atoms with E-state index in [2.05, 4.69) is 21.1 Å². The van der Waals surface area contributed by atoms with Crippen LogP contribution >= 0.6 is 0 Å². The van der Waals surface area contributed by atoms with Crippen LogP contribution in [0.4, 0.5) is 10.6 Å². The molecule has 0 bridgehead atoms. The third kappa shape index (κ3) is 4.37. The molecule has 0 radical (unpaired) electrons. The van der Waals surface area contributed by atoms with Crippen molar-refractivity contribution < 1.29 is 33.2 Å². The molecule has 0 aliphatic carbocycles. The van der Waals surface area contributed by atoms with Crippen molar-refractivity contribution in [1.29, 1.82) is 5.26 Å². The predicted octanol–water partition coefficient (Wildman–Crippen LogP) is 1.53. The van der Waals surface area contributed by atoms with Crippen LogP contribution in [-0.2, 0) is 34.0 Å². The minimum absolute atomic E-state index is 0.187. The summed E-state index contributed by atoms with van der Waals surface area (Å²) in [5.74, 6) is -0.556.